The number of nitrogens with one attached hydrogen (secondary N) is 7. The Hall–Kier alpha value is -8.86. The first kappa shape index (κ1) is 50.5. The number of aromatic nitrogens is 4. The number of anilines is 1. The highest BCUT2D eigenvalue weighted by molar-refractivity contribution is 7.86. The van der Waals surface area contributed by atoms with Crippen molar-refractivity contribution in [3.63, 3.8) is 0 Å². The molecule has 4 aromatic heterocycles. The smallest absolute Gasteiger partial charge is 0.337 e. The number of rotatable bonds is 11. The van der Waals surface area contributed by atoms with Crippen molar-refractivity contribution < 1.29 is 50.8 Å². The monoisotopic (exact) mass is 1010 g/mol. The van der Waals surface area contributed by atoms with Gasteiger partial charge in [0.25, 0.3) is 33.7 Å². The highest BCUT2D eigenvalue weighted by Crippen LogP contribution is 2.31. The van der Waals surface area contributed by atoms with E-state index in [1.54, 1.807) is 73.1 Å². The van der Waals surface area contributed by atoms with Gasteiger partial charge in [-0.25, -0.2) is 9.59 Å². The van der Waals surface area contributed by atoms with Crippen molar-refractivity contribution in [2.24, 2.45) is 0 Å². The van der Waals surface area contributed by atoms with Crippen LogP contribution in [0.3, 0.4) is 0 Å². The molecule has 3 unspecified atom stereocenters. The summed E-state index contributed by atoms with van der Waals surface area (Å²) in [5.74, 6) is -1.78. The van der Waals surface area contributed by atoms with Crippen LogP contribution in [0.1, 0.15) is 105 Å². The molecule has 22 heteroatoms. The number of nitrogens with zero attached hydrogens (tertiary/aromatic N) is 3. The highest BCUT2D eigenvalue weighted by atomic mass is 32.2. The zero-order chi connectivity index (χ0) is 52.0. The number of aromatic amines is 3. The quantitative estimate of drug-likeness (QED) is 0.0642. The third kappa shape index (κ3) is 11.4. The Kier molecular flexibility index (Phi) is 15.0. The molecule has 0 fully saturated rings. The minimum Gasteiger partial charge on any atom is -0.465 e. The number of carbonyl (C=O) groups excluding carboxylic acids is 6. The molecule has 21 nitrogen and oxygen atoms in total. The Labute approximate surface area is 417 Å². The number of hydrogen-bond acceptors (Lipinski definition) is 14. The second-order valence-corrected chi connectivity index (χ2v) is 19.0. The second kappa shape index (κ2) is 21.6. The van der Waals surface area contributed by atoms with E-state index in [0.29, 0.717) is 89.9 Å². The minimum atomic E-state index is -3.59. The average Bonchev–Trinajstić information content (AvgIpc) is 4.08. The molecule has 4 amide bonds. The van der Waals surface area contributed by atoms with Crippen LogP contribution in [-0.4, -0.2) is 109 Å². The van der Waals surface area contributed by atoms with Crippen molar-refractivity contribution in [1.82, 2.24) is 35.9 Å². The van der Waals surface area contributed by atoms with Gasteiger partial charge in [0.2, 0.25) is 0 Å². The van der Waals surface area contributed by atoms with Gasteiger partial charge in [0.05, 0.1) is 68.3 Å². The molecule has 7 aromatic rings. The summed E-state index contributed by atoms with van der Waals surface area (Å²) >= 11 is 0. The van der Waals surface area contributed by atoms with E-state index in [1.807, 2.05) is 6.07 Å². The SMILES string of the molecule is COC(=O)c1ccc2[nH]c3c(c2c1)CC(CCC#N)NC3=O.COC(=O)c1ccc2[nH]c3c(c2c1)CC(COS(C)(=O)=O)NC3=O.N#CCCC1Cc2c([nH]c3ccc(C(=O)Nc4cccnc4)cc23)C(=O)N1. The van der Waals surface area contributed by atoms with Crippen LogP contribution in [0.2, 0.25) is 0 Å². The summed E-state index contributed by atoms with van der Waals surface area (Å²) in [5, 5.41) is 31.3. The summed E-state index contributed by atoms with van der Waals surface area (Å²) < 4.78 is 36.5. The van der Waals surface area contributed by atoms with Crippen LogP contribution >= 0.6 is 0 Å². The van der Waals surface area contributed by atoms with E-state index in [1.165, 1.54) is 14.2 Å². The zero-order valence-corrected chi connectivity index (χ0v) is 40.5. The zero-order valence-electron chi connectivity index (χ0n) is 39.6. The molecular formula is C51H48N10O11S. The Balaban J connectivity index is 0.000000147. The highest BCUT2D eigenvalue weighted by Gasteiger charge is 2.31. The van der Waals surface area contributed by atoms with Crippen LogP contribution in [0.25, 0.3) is 32.7 Å². The molecule has 73 heavy (non-hydrogen) atoms. The molecule has 374 valence electrons. The van der Waals surface area contributed by atoms with Crippen molar-refractivity contribution in [2.45, 2.75) is 63.1 Å². The summed E-state index contributed by atoms with van der Waals surface area (Å²) in [5.41, 5.74) is 8.29. The fraction of sp³-hybridized carbons (Fsp3) is 0.275. The lowest BCUT2D eigenvalue weighted by Gasteiger charge is -2.23. The van der Waals surface area contributed by atoms with Crippen molar-refractivity contribution >= 4 is 84.1 Å². The lowest BCUT2D eigenvalue weighted by Crippen LogP contribution is -2.44. The van der Waals surface area contributed by atoms with Gasteiger partial charge in [-0.3, -0.25) is 28.3 Å². The number of H-pyrrole nitrogens is 3. The summed E-state index contributed by atoms with van der Waals surface area (Å²) in [4.78, 5) is 85.9. The maximum Gasteiger partial charge on any atom is 0.337 e. The number of amides is 4. The molecule has 3 atom stereocenters. The molecular weight excluding hydrogens is 961 g/mol. The van der Waals surface area contributed by atoms with Crippen LogP contribution in [0.15, 0.2) is 79.1 Å². The van der Waals surface area contributed by atoms with Gasteiger partial charge in [-0.1, -0.05) is 0 Å². The first-order valence-corrected chi connectivity index (χ1v) is 24.7. The number of methoxy groups -OCH3 is 2. The Morgan fingerprint density at radius 1 is 0.658 bits per heavy atom. The number of pyridine rings is 1. The van der Waals surface area contributed by atoms with Crippen LogP contribution in [0.5, 0.6) is 0 Å². The first-order chi connectivity index (χ1) is 35.1. The third-order valence-corrected chi connectivity index (χ3v) is 13.0. The van der Waals surface area contributed by atoms with Crippen LogP contribution < -0.4 is 21.3 Å². The lowest BCUT2D eigenvalue weighted by atomic mass is 9.95. The summed E-state index contributed by atoms with van der Waals surface area (Å²) in [6.45, 7) is -0.145. The molecule has 3 aromatic carbocycles. The number of hydrogen-bond donors (Lipinski definition) is 7. The van der Waals surface area contributed by atoms with Crippen molar-refractivity contribution in [3.05, 3.63) is 130 Å². The molecule has 0 radical (unpaired) electrons. The molecule has 7 N–H and O–H groups in total. The predicted octanol–water partition coefficient (Wildman–Crippen LogP) is 5.27. The van der Waals surface area contributed by atoms with Crippen LogP contribution in [0.4, 0.5) is 5.69 Å². The minimum absolute atomic E-state index is 0.0552. The molecule has 0 saturated heterocycles. The van der Waals surface area contributed by atoms with Gasteiger partial charge < -0.3 is 45.7 Å². The van der Waals surface area contributed by atoms with Gasteiger partial charge in [-0.2, -0.15) is 18.9 Å². The third-order valence-electron chi connectivity index (χ3n) is 12.5. The number of ether oxygens (including phenoxy) is 2. The number of nitriles is 2. The van der Waals surface area contributed by atoms with Gasteiger partial charge in [0, 0.05) is 69.4 Å². The van der Waals surface area contributed by atoms with Crippen LogP contribution in [0, 0.1) is 22.7 Å². The summed E-state index contributed by atoms with van der Waals surface area (Å²) in [6.07, 6.45) is 7.86. The molecule has 3 aliphatic heterocycles. The van der Waals surface area contributed by atoms with Crippen molar-refractivity contribution in [3.8, 4) is 12.1 Å². The topological polar surface area (TPSA) is 320 Å². The van der Waals surface area contributed by atoms with Gasteiger partial charge in [0.1, 0.15) is 17.1 Å². The molecule has 7 heterocycles. The van der Waals surface area contributed by atoms with Gasteiger partial charge in [-0.05, 0) is 116 Å². The normalized spacial score (nSPS) is 16.6. The predicted molar refractivity (Wildman–Crippen MR) is 265 cm³/mol. The van der Waals surface area contributed by atoms with Crippen molar-refractivity contribution in [1.29, 1.82) is 10.5 Å². The number of benzene rings is 3. The van der Waals surface area contributed by atoms with E-state index >= 15 is 0 Å². The number of carbonyl (C=O) groups is 6. The fourth-order valence-corrected chi connectivity index (χ4v) is 9.44. The van der Waals surface area contributed by atoms with Crippen molar-refractivity contribution in [2.75, 3.05) is 32.4 Å². The van der Waals surface area contributed by atoms with Crippen LogP contribution in [-0.2, 0) is 43.0 Å². The standard InChI is InChI=1S/C20H17N5O2.C16H15N3O3.C15H16N2O6S/c21-7-1-3-13-10-16-15-9-12(19(26)24-14-4-2-8-22-11-14)5-6-17(15)25-18(16)20(27)23-13;1-22-16(21)9-4-5-13-11(7-9)12-8-10(3-2-6-17)18-15(20)14(12)19-13;1-22-15(19)8-3-4-12-10(5-8)11-6-9(7-23-24(2,20)21)16-14(18)13(11)17-12/h2,4-6,8-9,11,13,25H,1,3,10H2,(H,23,27)(H,24,26);4-5,7,10,19H,2-3,8H2,1H3,(H,18,20);3-5,9,17H,6-7H2,1-2H3,(H,16,18). The fourth-order valence-electron chi connectivity index (χ4n) is 9.03. The Morgan fingerprint density at radius 3 is 1.49 bits per heavy atom. The number of esters is 2. The van der Waals surface area contributed by atoms with Gasteiger partial charge >= 0.3 is 11.9 Å². The average molecular weight is 1010 g/mol. The molecule has 0 bridgehead atoms. The molecule has 0 spiro atoms. The van der Waals surface area contributed by atoms with E-state index in [9.17, 15) is 37.2 Å². The molecule has 0 aliphatic carbocycles. The van der Waals surface area contributed by atoms with E-state index < -0.39 is 28.1 Å². The van der Waals surface area contributed by atoms with Gasteiger partial charge in [0.15, 0.2) is 0 Å². The van der Waals surface area contributed by atoms with E-state index in [2.05, 4.69) is 53.3 Å². The Morgan fingerprint density at radius 2 is 1.08 bits per heavy atom. The summed E-state index contributed by atoms with van der Waals surface area (Å²) in [6, 6.07) is 22.6. The number of fused-ring (bicyclic) bond motifs is 9. The second-order valence-electron chi connectivity index (χ2n) is 17.4. The van der Waals surface area contributed by atoms with E-state index in [-0.39, 0.29) is 42.3 Å². The lowest BCUT2D eigenvalue weighted by molar-refractivity contribution is 0.0592. The van der Waals surface area contributed by atoms with Gasteiger partial charge in [-0.15, -0.1) is 0 Å². The molecule has 10 rings (SSSR count). The summed E-state index contributed by atoms with van der Waals surface area (Å²) in [7, 11) is -0.955. The largest absolute Gasteiger partial charge is 0.465 e. The molecule has 0 saturated carbocycles. The van der Waals surface area contributed by atoms with E-state index in [0.717, 1.165) is 50.1 Å². The molecule has 3 aliphatic rings. The Bertz CT molecular complexity index is 3530. The van der Waals surface area contributed by atoms with E-state index in [4.69, 9.17) is 24.2 Å². The first-order valence-electron chi connectivity index (χ1n) is 22.9. The maximum absolute atomic E-state index is 12.6. The maximum atomic E-state index is 12.6.